The Hall–Kier alpha value is -2.74. The van der Waals surface area contributed by atoms with Crippen LogP contribution in [0.15, 0.2) is 91.0 Å². The maximum Gasteiger partial charge on any atom is 0.219 e. The number of alkyl halides is 1. The van der Waals surface area contributed by atoms with Crippen molar-refractivity contribution in [3.05, 3.63) is 108 Å². The van der Waals surface area contributed by atoms with Gasteiger partial charge in [-0.15, -0.1) is 0 Å². The average molecular weight is 524 g/mol. The number of halogens is 1. The monoisotopic (exact) mass is 523 g/mol. The van der Waals surface area contributed by atoms with Gasteiger partial charge in [0.25, 0.3) is 0 Å². The molecule has 0 bridgehead atoms. The van der Waals surface area contributed by atoms with E-state index in [1.807, 2.05) is 91.0 Å². The van der Waals surface area contributed by atoms with E-state index in [4.69, 9.17) is 30.5 Å². The van der Waals surface area contributed by atoms with E-state index < -0.39 is 29.9 Å². The van der Waals surface area contributed by atoms with E-state index in [9.17, 15) is 4.79 Å². The van der Waals surface area contributed by atoms with Crippen molar-refractivity contribution in [1.29, 1.82) is 0 Å². The molecule has 1 aliphatic rings. The molecule has 5 atom stereocenters. The predicted molar refractivity (Wildman–Crippen MR) is 143 cm³/mol. The maximum absolute atomic E-state index is 12.6. The van der Waals surface area contributed by atoms with Crippen LogP contribution in [0.5, 0.6) is 0 Å². The molecule has 196 valence electrons. The number of benzene rings is 3. The Morgan fingerprint density at radius 3 is 1.73 bits per heavy atom. The van der Waals surface area contributed by atoms with Gasteiger partial charge < -0.3 is 23.8 Å². The fourth-order valence-electron chi connectivity index (χ4n) is 4.45. The molecule has 0 unspecified atom stereocenters. The Labute approximate surface area is 224 Å². The number of hydrogen-bond acceptors (Lipinski definition) is 5. The number of rotatable bonds is 11. The van der Waals surface area contributed by atoms with E-state index in [1.165, 1.54) is 6.92 Å². The van der Waals surface area contributed by atoms with Gasteiger partial charge in [0.15, 0.2) is 5.56 Å². The molecule has 0 aromatic heterocycles. The van der Waals surface area contributed by atoms with Crippen molar-refractivity contribution < 1.29 is 23.7 Å². The standard InChI is InChI=1S/C30H34ClNO5/c1-22(33)32(2)27-28(35-19-24-14-8-4-9-15-24)26(21-34-18-23-12-6-3-7-13-23)37-30(31)29(27)36-20-25-16-10-5-11-17-25/h3-17,26-30H,18-21H2,1-2H3/t26-,27+,28+,29-,30+/m1/s1. The molecule has 0 aliphatic carbocycles. The quantitative estimate of drug-likeness (QED) is 0.324. The molecule has 6 nitrogen and oxygen atoms in total. The van der Waals surface area contributed by atoms with Gasteiger partial charge in [-0.1, -0.05) is 103 Å². The van der Waals surface area contributed by atoms with Crippen LogP contribution in [0.4, 0.5) is 0 Å². The van der Waals surface area contributed by atoms with Gasteiger partial charge in [-0.05, 0) is 16.7 Å². The van der Waals surface area contributed by atoms with Crippen LogP contribution in [0.25, 0.3) is 0 Å². The zero-order valence-corrected chi connectivity index (χ0v) is 22.0. The molecule has 0 saturated carbocycles. The van der Waals surface area contributed by atoms with Crippen molar-refractivity contribution in [2.75, 3.05) is 13.7 Å². The normalized spacial score (nSPS) is 23.5. The van der Waals surface area contributed by atoms with Gasteiger partial charge in [0.05, 0.1) is 32.5 Å². The molecule has 1 heterocycles. The van der Waals surface area contributed by atoms with Crippen LogP contribution in [-0.4, -0.2) is 54.4 Å². The number of nitrogens with zero attached hydrogens (tertiary/aromatic N) is 1. The van der Waals surface area contributed by atoms with Crippen LogP contribution in [-0.2, 0) is 43.6 Å². The van der Waals surface area contributed by atoms with E-state index in [0.717, 1.165) is 16.7 Å². The van der Waals surface area contributed by atoms with Gasteiger partial charge in [-0.2, -0.15) is 0 Å². The summed E-state index contributed by atoms with van der Waals surface area (Å²) in [6, 6.07) is 29.2. The lowest BCUT2D eigenvalue weighted by molar-refractivity contribution is -0.225. The molecular formula is C30H34ClNO5. The van der Waals surface area contributed by atoms with Crippen molar-refractivity contribution in [3.8, 4) is 0 Å². The second kappa shape index (κ2) is 13.7. The first-order chi connectivity index (χ1) is 18.0. The van der Waals surface area contributed by atoms with E-state index in [0.29, 0.717) is 19.8 Å². The summed E-state index contributed by atoms with van der Waals surface area (Å²) in [4.78, 5) is 14.2. The van der Waals surface area contributed by atoms with Crippen molar-refractivity contribution >= 4 is 17.5 Å². The highest BCUT2D eigenvalue weighted by Crippen LogP contribution is 2.32. The molecule has 3 aromatic rings. The summed E-state index contributed by atoms with van der Waals surface area (Å²) in [5.41, 5.74) is 2.29. The average Bonchev–Trinajstić information content (AvgIpc) is 2.93. The molecular weight excluding hydrogens is 490 g/mol. The third-order valence-corrected chi connectivity index (χ3v) is 6.86. The lowest BCUT2D eigenvalue weighted by atomic mass is 9.95. The van der Waals surface area contributed by atoms with E-state index in [2.05, 4.69) is 0 Å². The first kappa shape index (κ1) is 27.3. The third kappa shape index (κ3) is 7.63. The Bertz CT molecular complexity index is 1080. The van der Waals surface area contributed by atoms with Gasteiger partial charge in [0.1, 0.15) is 18.3 Å². The number of carbonyl (C=O) groups is 1. The topological polar surface area (TPSA) is 57.2 Å². The highest BCUT2D eigenvalue weighted by atomic mass is 35.5. The molecule has 0 radical (unpaired) electrons. The number of carbonyl (C=O) groups excluding carboxylic acids is 1. The summed E-state index contributed by atoms with van der Waals surface area (Å²) in [5, 5.41) is 0. The number of likely N-dealkylation sites (N-methyl/N-ethyl adjacent to an activating group) is 1. The Balaban J connectivity index is 1.55. The lowest BCUT2D eigenvalue weighted by Crippen LogP contribution is -2.64. The third-order valence-electron chi connectivity index (χ3n) is 6.51. The Morgan fingerprint density at radius 1 is 0.784 bits per heavy atom. The lowest BCUT2D eigenvalue weighted by Gasteiger charge is -2.47. The van der Waals surface area contributed by atoms with Crippen LogP contribution >= 0.6 is 11.6 Å². The SMILES string of the molecule is CC(=O)N(C)[C@@H]1[C@@H](OCc2ccccc2)[C@@H](Cl)O[C@H](COCc2ccccc2)[C@@H]1OCc1ccccc1. The van der Waals surface area contributed by atoms with Gasteiger partial charge in [-0.25, -0.2) is 0 Å². The molecule has 1 fully saturated rings. The van der Waals surface area contributed by atoms with E-state index >= 15 is 0 Å². The minimum absolute atomic E-state index is 0.110. The molecule has 1 aliphatic heterocycles. The number of amides is 1. The van der Waals surface area contributed by atoms with Gasteiger partial charge in [0, 0.05) is 14.0 Å². The van der Waals surface area contributed by atoms with Crippen molar-refractivity contribution in [3.63, 3.8) is 0 Å². The van der Waals surface area contributed by atoms with Crippen molar-refractivity contribution in [1.82, 2.24) is 4.90 Å². The Morgan fingerprint density at radius 2 is 1.24 bits per heavy atom. The van der Waals surface area contributed by atoms with Gasteiger partial charge in [0.2, 0.25) is 5.91 Å². The largest absolute Gasteiger partial charge is 0.374 e. The maximum atomic E-state index is 12.6. The van der Waals surface area contributed by atoms with Crippen LogP contribution in [0, 0.1) is 0 Å². The fourth-order valence-corrected chi connectivity index (χ4v) is 4.80. The van der Waals surface area contributed by atoms with Gasteiger partial charge in [-0.3, -0.25) is 4.79 Å². The second-order valence-electron chi connectivity index (χ2n) is 9.17. The molecule has 4 rings (SSSR count). The first-order valence-corrected chi connectivity index (χ1v) is 12.9. The highest BCUT2D eigenvalue weighted by Gasteiger charge is 2.49. The number of hydrogen-bond donors (Lipinski definition) is 0. The van der Waals surface area contributed by atoms with Crippen LogP contribution in [0.3, 0.4) is 0 Å². The van der Waals surface area contributed by atoms with Crippen LogP contribution < -0.4 is 0 Å². The summed E-state index contributed by atoms with van der Waals surface area (Å²) < 4.78 is 25.0. The summed E-state index contributed by atoms with van der Waals surface area (Å²) in [7, 11) is 1.75. The molecule has 37 heavy (non-hydrogen) atoms. The zero-order chi connectivity index (χ0) is 26.0. The van der Waals surface area contributed by atoms with Gasteiger partial charge >= 0.3 is 0 Å². The molecule has 1 amide bonds. The van der Waals surface area contributed by atoms with Crippen LogP contribution in [0.2, 0.25) is 0 Å². The zero-order valence-electron chi connectivity index (χ0n) is 21.2. The molecule has 0 N–H and O–H groups in total. The first-order valence-electron chi connectivity index (χ1n) is 12.5. The summed E-state index contributed by atoms with van der Waals surface area (Å²) in [6.07, 6.45) is -1.64. The van der Waals surface area contributed by atoms with Crippen molar-refractivity contribution in [2.24, 2.45) is 0 Å². The molecule has 1 saturated heterocycles. The summed E-state index contributed by atoms with van der Waals surface area (Å²) >= 11 is 6.77. The van der Waals surface area contributed by atoms with E-state index in [1.54, 1.807) is 11.9 Å². The fraction of sp³-hybridized carbons (Fsp3) is 0.367. The Kier molecular flexibility index (Phi) is 10.1. The molecule has 7 heteroatoms. The molecule has 0 spiro atoms. The smallest absolute Gasteiger partial charge is 0.219 e. The second-order valence-corrected chi connectivity index (χ2v) is 9.60. The predicted octanol–water partition coefficient (Wildman–Crippen LogP) is 5.18. The van der Waals surface area contributed by atoms with Crippen molar-refractivity contribution in [2.45, 2.75) is 56.7 Å². The highest BCUT2D eigenvalue weighted by molar-refractivity contribution is 6.20. The minimum atomic E-state index is -0.794. The molecule has 3 aromatic carbocycles. The minimum Gasteiger partial charge on any atom is -0.374 e. The number of ether oxygens (including phenoxy) is 4. The summed E-state index contributed by atoms with van der Waals surface area (Å²) in [5.74, 6) is -0.110. The summed E-state index contributed by atoms with van der Waals surface area (Å²) in [6.45, 7) is 2.90. The van der Waals surface area contributed by atoms with Crippen LogP contribution in [0.1, 0.15) is 23.6 Å². The van der Waals surface area contributed by atoms with E-state index in [-0.39, 0.29) is 12.5 Å².